The topological polar surface area (TPSA) is 43.7 Å². The van der Waals surface area contributed by atoms with Crippen molar-refractivity contribution < 1.29 is 10.2 Å². The molecular formula is C24H30ClNO2. The van der Waals surface area contributed by atoms with Gasteiger partial charge >= 0.3 is 0 Å². The predicted octanol–water partition coefficient (Wildman–Crippen LogP) is 4.54. The summed E-state index contributed by atoms with van der Waals surface area (Å²) in [6.45, 7) is 0.936. The van der Waals surface area contributed by atoms with E-state index in [2.05, 4.69) is 23.7 Å². The van der Waals surface area contributed by atoms with Gasteiger partial charge in [0.1, 0.15) is 11.2 Å². The lowest BCUT2D eigenvalue weighted by atomic mass is 9.85. The van der Waals surface area contributed by atoms with Crippen LogP contribution in [0.15, 0.2) is 24.3 Å². The molecule has 0 heterocycles. The van der Waals surface area contributed by atoms with Crippen molar-refractivity contribution in [2.24, 2.45) is 0 Å². The Kier molecular flexibility index (Phi) is 7.30. The Hall–Kier alpha value is -1.65. The van der Waals surface area contributed by atoms with Crippen LogP contribution < -0.4 is 4.90 Å². The SMILES string of the molecule is OC1(C#CCN(CC#CC2(O)CCCCC2)c2cccc(Cl)c2)CCCCC1. The minimum atomic E-state index is -0.846. The van der Waals surface area contributed by atoms with E-state index in [9.17, 15) is 10.2 Å². The van der Waals surface area contributed by atoms with E-state index in [-0.39, 0.29) is 0 Å². The van der Waals surface area contributed by atoms with Crippen LogP contribution in [0.4, 0.5) is 5.69 Å². The summed E-state index contributed by atoms with van der Waals surface area (Å²) in [5.41, 5.74) is -0.745. The molecule has 3 nitrogen and oxygen atoms in total. The standard InChI is InChI=1S/C24H30ClNO2/c25-21-10-7-11-22(20-21)26(18-8-16-23(27)12-3-1-4-13-23)19-9-17-24(28)14-5-2-6-15-24/h7,10-11,20,27-28H,1-6,12-15,18-19H2. The van der Waals surface area contributed by atoms with Crippen LogP contribution in [0, 0.1) is 23.7 Å². The van der Waals surface area contributed by atoms with Gasteiger partial charge in [-0.15, -0.1) is 0 Å². The van der Waals surface area contributed by atoms with Crippen LogP contribution in [-0.2, 0) is 0 Å². The fraction of sp³-hybridized carbons (Fsp3) is 0.583. The molecule has 0 atom stereocenters. The van der Waals surface area contributed by atoms with Crippen molar-refractivity contribution >= 4 is 17.3 Å². The van der Waals surface area contributed by atoms with Gasteiger partial charge in [-0.05, 0) is 69.6 Å². The van der Waals surface area contributed by atoms with E-state index in [0.717, 1.165) is 57.1 Å². The number of anilines is 1. The maximum Gasteiger partial charge on any atom is 0.125 e. The molecule has 0 spiro atoms. The quantitative estimate of drug-likeness (QED) is 0.733. The van der Waals surface area contributed by atoms with Gasteiger partial charge in [0.15, 0.2) is 0 Å². The van der Waals surface area contributed by atoms with Gasteiger partial charge in [0.05, 0.1) is 13.1 Å². The van der Waals surface area contributed by atoms with Crippen LogP contribution in [0.5, 0.6) is 0 Å². The van der Waals surface area contributed by atoms with E-state index in [0.29, 0.717) is 18.1 Å². The molecule has 2 saturated carbocycles. The van der Waals surface area contributed by atoms with Crippen molar-refractivity contribution in [3.8, 4) is 23.7 Å². The number of benzene rings is 1. The summed E-state index contributed by atoms with van der Waals surface area (Å²) < 4.78 is 0. The van der Waals surface area contributed by atoms with Crippen molar-refractivity contribution in [2.75, 3.05) is 18.0 Å². The molecule has 3 rings (SSSR count). The molecule has 0 aromatic heterocycles. The number of aliphatic hydroxyl groups is 2. The monoisotopic (exact) mass is 399 g/mol. The number of hydrogen-bond acceptors (Lipinski definition) is 3. The summed E-state index contributed by atoms with van der Waals surface area (Å²) in [4.78, 5) is 2.05. The largest absolute Gasteiger partial charge is 0.378 e. The van der Waals surface area contributed by atoms with Crippen LogP contribution in [0.3, 0.4) is 0 Å². The molecule has 2 aliphatic rings. The first-order valence-electron chi connectivity index (χ1n) is 10.4. The molecule has 0 amide bonds. The highest BCUT2D eigenvalue weighted by Crippen LogP contribution is 2.28. The maximum absolute atomic E-state index is 10.6. The second-order valence-corrected chi connectivity index (χ2v) is 8.56. The molecule has 0 aliphatic heterocycles. The van der Waals surface area contributed by atoms with E-state index in [4.69, 9.17) is 11.6 Å². The Labute approximate surface area is 174 Å². The molecule has 4 heteroatoms. The third kappa shape index (κ3) is 6.18. The van der Waals surface area contributed by atoms with E-state index in [1.165, 1.54) is 12.8 Å². The minimum absolute atomic E-state index is 0.468. The molecular weight excluding hydrogens is 370 g/mol. The summed E-state index contributed by atoms with van der Waals surface area (Å²) >= 11 is 6.17. The molecule has 2 aliphatic carbocycles. The smallest absolute Gasteiger partial charge is 0.125 e. The number of hydrogen-bond donors (Lipinski definition) is 2. The van der Waals surface area contributed by atoms with Gasteiger partial charge in [-0.1, -0.05) is 54.2 Å². The summed E-state index contributed by atoms with van der Waals surface area (Å²) in [6.07, 6.45) is 9.51. The zero-order valence-electron chi connectivity index (χ0n) is 16.5. The second-order valence-electron chi connectivity index (χ2n) is 8.12. The van der Waals surface area contributed by atoms with Gasteiger partial charge in [-0.3, -0.25) is 0 Å². The van der Waals surface area contributed by atoms with Crippen LogP contribution in [0.25, 0.3) is 0 Å². The van der Waals surface area contributed by atoms with Crippen molar-refractivity contribution in [3.05, 3.63) is 29.3 Å². The van der Waals surface area contributed by atoms with Gasteiger partial charge < -0.3 is 15.1 Å². The fourth-order valence-electron chi connectivity index (χ4n) is 4.03. The third-order valence-electron chi connectivity index (χ3n) is 5.72. The summed E-state index contributed by atoms with van der Waals surface area (Å²) in [6, 6.07) is 7.64. The van der Waals surface area contributed by atoms with Gasteiger partial charge in [-0.25, -0.2) is 0 Å². The van der Waals surface area contributed by atoms with E-state index in [1.54, 1.807) is 0 Å². The van der Waals surface area contributed by atoms with Gasteiger partial charge in [0, 0.05) is 10.7 Å². The molecule has 1 aromatic rings. The normalized spacial score (nSPS) is 20.2. The second kappa shape index (κ2) is 9.71. The Morgan fingerprint density at radius 3 is 1.79 bits per heavy atom. The number of nitrogens with zero attached hydrogens (tertiary/aromatic N) is 1. The first kappa shape index (κ1) is 21.1. The maximum atomic E-state index is 10.6. The van der Waals surface area contributed by atoms with Crippen LogP contribution >= 0.6 is 11.6 Å². The fourth-order valence-corrected chi connectivity index (χ4v) is 4.22. The number of rotatable bonds is 3. The van der Waals surface area contributed by atoms with Crippen LogP contribution in [-0.4, -0.2) is 34.5 Å². The summed E-state index contributed by atoms with van der Waals surface area (Å²) in [7, 11) is 0. The Bertz CT molecular complexity index is 727. The van der Waals surface area contributed by atoms with Crippen molar-refractivity contribution in [2.45, 2.75) is 75.4 Å². The highest BCUT2D eigenvalue weighted by atomic mass is 35.5. The highest BCUT2D eigenvalue weighted by molar-refractivity contribution is 6.30. The van der Waals surface area contributed by atoms with Gasteiger partial charge in [0.25, 0.3) is 0 Å². The third-order valence-corrected chi connectivity index (χ3v) is 5.95. The molecule has 28 heavy (non-hydrogen) atoms. The molecule has 150 valence electrons. The zero-order chi connectivity index (χ0) is 19.9. The lowest BCUT2D eigenvalue weighted by Crippen LogP contribution is -2.31. The lowest BCUT2D eigenvalue weighted by molar-refractivity contribution is 0.0606. The van der Waals surface area contributed by atoms with Crippen LogP contribution in [0.1, 0.15) is 64.2 Å². The average Bonchev–Trinajstić information content (AvgIpc) is 2.68. The predicted molar refractivity (Wildman–Crippen MR) is 115 cm³/mol. The first-order chi connectivity index (χ1) is 13.5. The summed E-state index contributed by atoms with van der Waals surface area (Å²) in [5, 5.41) is 21.9. The highest BCUT2D eigenvalue weighted by Gasteiger charge is 2.27. The van der Waals surface area contributed by atoms with E-state index in [1.807, 2.05) is 29.2 Å². The van der Waals surface area contributed by atoms with Crippen LogP contribution in [0.2, 0.25) is 5.02 Å². The molecule has 2 N–H and O–H groups in total. The van der Waals surface area contributed by atoms with Crippen molar-refractivity contribution in [1.29, 1.82) is 0 Å². The molecule has 2 fully saturated rings. The zero-order valence-corrected chi connectivity index (χ0v) is 17.3. The first-order valence-corrected chi connectivity index (χ1v) is 10.8. The molecule has 0 unspecified atom stereocenters. The Morgan fingerprint density at radius 1 is 0.821 bits per heavy atom. The summed E-state index contributed by atoms with van der Waals surface area (Å²) in [5.74, 6) is 12.5. The Balaban J connectivity index is 1.71. The van der Waals surface area contributed by atoms with E-state index >= 15 is 0 Å². The van der Waals surface area contributed by atoms with Gasteiger partial charge in [-0.2, -0.15) is 0 Å². The lowest BCUT2D eigenvalue weighted by Gasteiger charge is -2.27. The van der Waals surface area contributed by atoms with Gasteiger partial charge in [0.2, 0.25) is 0 Å². The molecule has 0 saturated heterocycles. The molecule has 0 bridgehead atoms. The Morgan fingerprint density at radius 2 is 1.32 bits per heavy atom. The average molecular weight is 400 g/mol. The minimum Gasteiger partial charge on any atom is -0.378 e. The molecule has 0 radical (unpaired) electrons. The molecule has 1 aromatic carbocycles. The van der Waals surface area contributed by atoms with E-state index < -0.39 is 11.2 Å². The number of halogens is 1. The van der Waals surface area contributed by atoms with Crippen molar-refractivity contribution in [3.63, 3.8) is 0 Å². The van der Waals surface area contributed by atoms with Crippen molar-refractivity contribution in [1.82, 2.24) is 0 Å².